The topological polar surface area (TPSA) is 79.4 Å². The van der Waals surface area contributed by atoms with Gasteiger partial charge in [-0.25, -0.2) is 13.4 Å². The fraction of sp³-hybridized carbons (Fsp3) is 0.273. The van der Waals surface area contributed by atoms with Crippen molar-refractivity contribution in [3.8, 4) is 10.6 Å². The number of nitrogens with zero attached hydrogens (tertiary/aromatic N) is 2. The van der Waals surface area contributed by atoms with Crippen LogP contribution in [0.5, 0.6) is 0 Å². The molecule has 0 saturated carbocycles. The Kier molecular flexibility index (Phi) is 5.99. The third-order valence-corrected chi connectivity index (χ3v) is 8.05. The van der Waals surface area contributed by atoms with Crippen LogP contribution < -0.4 is 5.32 Å². The number of sulfonamides is 1. The van der Waals surface area contributed by atoms with Gasteiger partial charge in [0.05, 0.1) is 4.90 Å². The lowest BCUT2D eigenvalue weighted by molar-refractivity contribution is -0.120. The Morgan fingerprint density at radius 2 is 1.73 bits per heavy atom. The molecule has 2 heterocycles. The number of carbonyl (C=O) groups is 1. The number of amides is 1. The van der Waals surface area contributed by atoms with E-state index in [1.807, 2.05) is 36.6 Å². The van der Waals surface area contributed by atoms with E-state index >= 15 is 0 Å². The van der Waals surface area contributed by atoms with Crippen molar-refractivity contribution in [3.05, 3.63) is 65.7 Å². The second kappa shape index (κ2) is 8.67. The van der Waals surface area contributed by atoms with Crippen molar-refractivity contribution < 1.29 is 13.2 Å². The van der Waals surface area contributed by atoms with Crippen molar-refractivity contribution in [1.82, 2.24) is 9.29 Å². The average Bonchev–Trinajstić information content (AvgIpc) is 3.30. The maximum atomic E-state index is 12.8. The van der Waals surface area contributed by atoms with E-state index in [0.717, 1.165) is 21.8 Å². The van der Waals surface area contributed by atoms with E-state index in [-0.39, 0.29) is 11.8 Å². The molecule has 1 fully saturated rings. The number of anilines is 1. The van der Waals surface area contributed by atoms with E-state index in [9.17, 15) is 13.2 Å². The predicted octanol–water partition coefficient (Wildman–Crippen LogP) is 4.16. The van der Waals surface area contributed by atoms with Gasteiger partial charge >= 0.3 is 0 Å². The molecule has 6 nitrogen and oxygen atoms in total. The summed E-state index contributed by atoms with van der Waals surface area (Å²) in [6.45, 7) is 2.61. The zero-order valence-corrected chi connectivity index (χ0v) is 18.2. The van der Waals surface area contributed by atoms with Crippen molar-refractivity contribution in [3.63, 3.8) is 0 Å². The number of hydrogen-bond donors (Lipinski definition) is 1. The highest BCUT2D eigenvalue weighted by molar-refractivity contribution is 7.89. The molecule has 0 radical (unpaired) electrons. The van der Waals surface area contributed by atoms with Gasteiger partial charge in [0.25, 0.3) is 0 Å². The van der Waals surface area contributed by atoms with Crippen molar-refractivity contribution in [2.45, 2.75) is 24.7 Å². The summed E-state index contributed by atoms with van der Waals surface area (Å²) in [7, 11) is -3.52. The molecule has 30 heavy (non-hydrogen) atoms. The first-order chi connectivity index (χ1) is 14.4. The van der Waals surface area contributed by atoms with E-state index in [0.29, 0.717) is 30.8 Å². The predicted molar refractivity (Wildman–Crippen MR) is 119 cm³/mol. The SMILES string of the molecule is Cc1ccc(S(=O)(=O)N2CCC(C(=O)Nc3ccc(-c4nccs4)cc3)CC2)cc1. The normalized spacial score (nSPS) is 15.8. The van der Waals surface area contributed by atoms with Crippen LogP contribution in [0.15, 0.2) is 65.0 Å². The molecular formula is C22H23N3O3S2. The minimum atomic E-state index is -3.52. The number of hydrogen-bond acceptors (Lipinski definition) is 5. The molecule has 1 aliphatic rings. The highest BCUT2D eigenvalue weighted by Gasteiger charge is 2.32. The van der Waals surface area contributed by atoms with E-state index in [1.165, 1.54) is 4.31 Å². The van der Waals surface area contributed by atoms with Gasteiger partial charge in [0.15, 0.2) is 0 Å². The molecule has 1 amide bonds. The van der Waals surface area contributed by atoms with Crippen LogP contribution in [0.1, 0.15) is 18.4 Å². The maximum absolute atomic E-state index is 12.8. The maximum Gasteiger partial charge on any atom is 0.243 e. The van der Waals surface area contributed by atoms with Gasteiger partial charge in [-0.1, -0.05) is 17.7 Å². The molecule has 1 saturated heterocycles. The average molecular weight is 442 g/mol. The summed E-state index contributed by atoms with van der Waals surface area (Å²) in [6.07, 6.45) is 2.78. The first-order valence-electron chi connectivity index (χ1n) is 9.81. The highest BCUT2D eigenvalue weighted by Crippen LogP contribution is 2.26. The Hall–Kier alpha value is -2.55. The lowest BCUT2D eigenvalue weighted by Gasteiger charge is -2.30. The molecule has 8 heteroatoms. The van der Waals surface area contributed by atoms with Gasteiger partial charge in [-0.2, -0.15) is 4.31 Å². The summed E-state index contributed by atoms with van der Waals surface area (Å²) < 4.78 is 27.1. The van der Waals surface area contributed by atoms with Crippen LogP contribution in [0.2, 0.25) is 0 Å². The lowest BCUT2D eigenvalue weighted by atomic mass is 9.97. The smallest absolute Gasteiger partial charge is 0.243 e. The third-order valence-electron chi connectivity index (χ3n) is 5.32. The molecule has 1 aliphatic heterocycles. The molecule has 0 spiro atoms. The molecule has 0 bridgehead atoms. The van der Waals surface area contributed by atoms with Crippen LogP contribution >= 0.6 is 11.3 Å². The van der Waals surface area contributed by atoms with Gasteiger partial charge in [-0.3, -0.25) is 4.79 Å². The minimum absolute atomic E-state index is 0.0654. The summed E-state index contributed by atoms with van der Waals surface area (Å²) in [4.78, 5) is 17.2. The molecule has 156 valence electrons. The van der Waals surface area contributed by atoms with Crippen LogP contribution in [-0.4, -0.2) is 36.7 Å². The van der Waals surface area contributed by atoms with Gasteiger partial charge < -0.3 is 5.32 Å². The number of piperidine rings is 1. The van der Waals surface area contributed by atoms with Crippen LogP contribution in [0.25, 0.3) is 10.6 Å². The Balaban J connectivity index is 1.34. The first-order valence-corrected chi connectivity index (χ1v) is 12.1. The lowest BCUT2D eigenvalue weighted by Crippen LogP contribution is -2.41. The third kappa shape index (κ3) is 4.45. The largest absolute Gasteiger partial charge is 0.326 e. The summed E-state index contributed by atoms with van der Waals surface area (Å²) >= 11 is 1.57. The number of thiazole rings is 1. The van der Waals surface area contributed by atoms with Crippen molar-refractivity contribution in [2.24, 2.45) is 5.92 Å². The monoisotopic (exact) mass is 441 g/mol. The highest BCUT2D eigenvalue weighted by atomic mass is 32.2. The number of aryl methyl sites for hydroxylation is 1. The number of benzene rings is 2. The quantitative estimate of drug-likeness (QED) is 0.645. The van der Waals surface area contributed by atoms with Crippen LogP contribution in [-0.2, 0) is 14.8 Å². The summed E-state index contributed by atoms with van der Waals surface area (Å²) in [5.41, 5.74) is 2.76. The van der Waals surface area contributed by atoms with Crippen molar-refractivity contribution in [2.75, 3.05) is 18.4 Å². The van der Waals surface area contributed by atoms with Crippen LogP contribution in [0.3, 0.4) is 0 Å². The van der Waals surface area contributed by atoms with Gasteiger partial charge in [0.1, 0.15) is 5.01 Å². The zero-order valence-electron chi connectivity index (χ0n) is 16.6. The molecule has 1 N–H and O–H groups in total. The number of carbonyl (C=O) groups excluding carboxylic acids is 1. The summed E-state index contributed by atoms with van der Waals surface area (Å²) in [5.74, 6) is -0.266. The first kappa shape index (κ1) is 20.7. The Bertz CT molecular complexity index is 1100. The molecule has 4 rings (SSSR count). The second-order valence-electron chi connectivity index (χ2n) is 7.40. The fourth-order valence-electron chi connectivity index (χ4n) is 3.52. The molecular weight excluding hydrogens is 418 g/mol. The van der Waals surface area contributed by atoms with Crippen LogP contribution in [0.4, 0.5) is 5.69 Å². The van der Waals surface area contributed by atoms with E-state index in [2.05, 4.69) is 10.3 Å². The van der Waals surface area contributed by atoms with Gasteiger partial charge in [0.2, 0.25) is 15.9 Å². The van der Waals surface area contributed by atoms with Gasteiger partial charge in [-0.15, -0.1) is 11.3 Å². The number of rotatable bonds is 5. The van der Waals surface area contributed by atoms with Crippen molar-refractivity contribution in [1.29, 1.82) is 0 Å². The van der Waals surface area contributed by atoms with E-state index in [4.69, 9.17) is 0 Å². The molecule has 1 aromatic heterocycles. The van der Waals surface area contributed by atoms with E-state index in [1.54, 1.807) is 41.8 Å². The number of nitrogens with one attached hydrogen (secondary N) is 1. The molecule has 3 aromatic rings. The Morgan fingerprint density at radius 3 is 2.33 bits per heavy atom. The molecule has 2 aromatic carbocycles. The summed E-state index contributed by atoms with van der Waals surface area (Å²) in [5, 5.41) is 5.82. The second-order valence-corrected chi connectivity index (χ2v) is 10.2. The Morgan fingerprint density at radius 1 is 1.07 bits per heavy atom. The molecule has 0 atom stereocenters. The number of aromatic nitrogens is 1. The summed E-state index contributed by atoms with van der Waals surface area (Å²) in [6, 6.07) is 14.5. The molecule has 0 aliphatic carbocycles. The minimum Gasteiger partial charge on any atom is -0.326 e. The van der Waals surface area contributed by atoms with Gasteiger partial charge in [0, 0.05) is 41.8 Å². The van der Waals surface area contributed by atoms with E-state index < -0.39 is 10.0 Å². The molecule has 0 unspecified atom stereocenters. The zero-order chi connectivity index (χ0) is 21.1. The Labute approximate surface area is 180 Å². The standard InChI is InChI=1S/C22H23N3O3S2/c1-16-2-8-20(9-3-16)30(27,28)25-13-10-17(11-14-25)21(26)24-19-6-4-18(5-7-19)22-23-12-15-29-22/h2-9,12,15,17H,10-11,13-14H2,1H3,(H,24,26). The van der Waals surface area contributed by atoms with Crippen molar-refractivity contribution >= 4 is 33.0 Å². The van der Waals surface area contributed by atoms with Crippen LogP contribution in [0, 0.1) is 12.8 Å². The fourth-order valence-corrected chi connectivity index (χ4v) is 5.64. The van der Waals surface area contributed by atoms with Gasteiger partial charge in [-0.05, 0) is 56.2 Å².